The third-order valence-corrected chi connectivity index (χ3v) is 7.20. The van der Waals surface area contributed by atoms with Crippen molar-refractivity contribution >= 4 is 27.9 Å². The van der Waals surface area contributed by atoms with E-state index < -0.39 is 0 Å². The number of nitrogens with zero attached hydrogens (tertiary/aromatic N) is 6. The van der Waals surface area contributed by atoms with Crippen LogP contribution in [0, 0.1) is 11.3 Å². The average Bonchev–Trinajstić information content (AvgIpc) is 3.42. The highest BCUT2D eigenvalue weighted by atomic mass is 16.5. The first-order valence-corrected chi connectivity index (χ1v) is 12.8. The van der Waals surface area contributed by atoms with Gasteiger partial charge in [-0.1, -0.05) is 30.3 Å². The quantitative estimate of drug-likeness (QED) is 0.357. The zero-order valence-electron chi connectivity index (χ0n) is 21.6. The van der Waals surface area contributed by atoms with E-state index in [0.29, 0.717) is 23.6 Å². The van der Waals surface area contributed by atoms with Gasteiger partial charge >= 0.3 is 0 Å². The van der Waals surface area contributed by atoms with E-state index in [1.165, 1.54) is 0 Å². The number of aromatic nitrogens is 3. The maximum Gasteiger partial charge on any atom is 0.182 e. The molecule has 1 aliphatic rings. The molecule has 0 atom stereocenters. The summed E-state index contributed by atoms with van der Waals surface area (Å²) in [4.78, 5) is 9.58. The molecule has 6 rings (SSSR count). The molecule has 1 fully saturated rings. The summed E-state index contributed by atoms with van der Waals surface area (Å²) in [5.41, 5.74) is 5.85. The molecule has 0 amide bonds. The van der Waals surface area contributed by atoms with E-state index in [1.54, 1.807) is 11.6 Å². The van der Waals surface area contributed by atoms with E-state index in [2.05, 4.69) is 58.6 Å². The van der Waals surface area contributed by atoms with E-state index in [4.69, 9.17) is 14.8 Å². The first-order chi connectivity index (χ1) is 18.6. The molecular weight excluding hydrogens is 474 g/mol. The number of likely N-dealkylation sites (N-methyl/N-ethyl adjacent to an activating group) is 1. The molecule has 1 aliphatic heterocycles. The Morgan fingerprint density at radius 1 is 0.974 bits per heavy atom. The van der Waals surface area contributed by atoms with E-state index >= 15 is 0 Å². The van der Waals surface area contributed by atoms with Gasteiger partial charge in [-0.15, -0.1) is 5.10 Å². The molecule has 38 heavy (non-hydrogen) atoms. The molecule has 0 aliphatic carbocycles. The molecule has 190 valence electrons. The molecule has 2 aromatic heterocycles. The number of pyridine rings is 1. The number of nitriles is 1. The van der Waals surface area contributed by atoms with E-state index in [0.717, 1.165) is 65.3 Å². The number of nitrogens with one attached hydrogen (secondary N) is 1. The summed E-state index contributed by atoms with van der Waals surface area (Å²) in [6, 6.07) is 26.7. The maximum absolute atomic E-state index is 10.4. The largest absolute Gasteiger partial charge is 0.497 e. The summed E-state index contributed by atoms with van der Waals surface area (Å²) < 4.78 is 7.10. The molecule has 1 N–H and O–H groups in total. The molecule has 8 heteroatoms. The van der Waals surface area contributed by atoms with Crippen molar-refractivity contribution in [1.29, 1.82) is 5.26 Å². The van der Waals surface area contributed by atoms with Crippen LogP contribution >= 0.6 is 0 Å². The van der Waals surface area contributed by atoms with Crippen molar-refractivity contribution in [1.82, 2.24) is 19.5 Å². The number of hydrogen-bond donors (Lipinski definition) is 1. The van der Waals surface area contributed by atoms with Gasteiger partial charge in [-0.3, -0.25) is 0 Å². The molecule has 0 bridgehead atoms. The first kappa shape index (κ1) is 23.8. The first-order valence-electron chi connectivity index (χ1n) is 12.8. The van der Waals surface area contributed by atoms with E-state index in [1.807, 2.05) is 42.5 Å². The highest BCUT2D eigenvalue weighted by molar-refractivity contribution is 6.00. The third kappa shape index (κ3) is 4.38. The minimum absolute atomic E-state index is 0.483. The Kier molecular flexibility index (Phi) is 6.28. The fourth-order valence-electron chi connectivity index (χ4n) is 5.00. The third-order valence-electron chi connectivity index (χ3n) is 7.20. The van der Waals surface area contributed by atoms with Gasteiger partial charge in [0.1, 0.15) is 17.4 Å². The van der Waals surface area contributed by atoms with E-state index in [-0.39, 0.29) is 0 Å². The van der Waals surface area contributed by atoms with Gasteiger partial charge in [-0.25, -0.2) is 9.50 Å². The molecule has 0 unspecified atom stereocenters. The van der Waals surface area contributed by atoms with Crippen LogP contribution in [-0.4, -0.2) is 59.8 Å². The van der Waals surface area contributed by atoms with Crippen molar-refractivity contribution in [3.63, 3.8) is 0 Å². The van der Waals surface area contributed by atoms with Crippen LogP contribution in [-0.2, 0) is 6.54 Å². The molecule has 3 heterocycles. The normalized spacial score (nSPS) is 14.1. The molecule has 0 saturated carbocycles. The summed E-state index contributed by atoms with van der Waals surface area (Å²) in [5, 5.41) is 19.7. The smallest absolute Gasteiger partial charge is 0.182 e. The van der Waals surface area contributed by atoms with Crippen molar-refractivity contribution in [2.24, 2.45) is 0 Å². The van der Waals surface area contributed by atoms with Gasteiger partial charge in [0.05, 0.1) is 18.3 Å². The van der Waals surface area contributed by atoms with Crippen LogP contribution in [0.3, 0.4) is 0 Å². The van der Waals surface area contributed by atoms with Gasteiger partial charge in [-0.2, -0.15) is 5.26 Å². The van der Waals surface area contributed by atoms with Crippen molar-refractivity contribution in [2.75, 3.05) is 50.6 Å². The topological polar surface area (TPSA) is 81.7 Å². The number of anilines is 2. The van der Waals surface area contributed by atoms with Gasteiger partial charge in [0.25, 0.3) is 0 Å². The van der Waals surface area contributed by atoms with Gasteiger partial charge in [-0.05, 0) is 55.1 Å². The van der Waals surface area contributed by atoms with Crippen molar-refractivity contribution < 1.29 is 4.74 Å². The highest BCUT2D eigenvalue weighted by Crippen LogP contribution is 2.35. The molecular formula is C30H29N7O. The van der Waals surface area contributed by atoms with Crippen LogP contribution in [0.15, 0.2) is 72.8 Å². The number of fused-ring (bicyclic) bond motifs is 3. The lowest BCUT2D eigenvalue weighted by Gasteiger charge is -2.34. The molecule has 5 aromatic rings. The Morgan fingerprint density at radius 3 is 2.45 bits per heavy atom. The lowest BCUT2D eigenvalue weighted by molar-refractivity contribution is 0.313. The summed E-state index contributed by atoms with van der Waals surface area (Å²) in [6.45, 7) is 4.57. The van der Waals surface area contributed by atoms with Gasteiger partial charge < -0.3 is 19.9 Å². The predicted molar refractivity (Wildman–Crippen MR) is 151 cm³/mol. The zero-order chi connectivity index (χ0) is 26.1. The van der Waals surface area contributed by atoms with Crippen LogP contribution < -0.4 is 15.0 Å². The summed E-state index contributed by atoms with van der Waals surface area (Å²) >= 11 is 0. The maximum atomic E-state index is 10.4. The molecule has 0 radical (unpaired) electrons. The zero-order valence-corrected chi connectivity index (χ0v) is 21.6. The van der Waals surface area contributed by atoms with Crippen LogP contribution in [0.25, 0.3) is 27.9 Å². The minimum Gasteiger partial charge on any atom is -0.497 e. The van der Waals surface area contributed by atoms with E-state index in [9.17, 15) is 5.26 Å². The fourth-order valence-corrected chi connectivity index (χ4v) is 5.00. The summed E-state index contributed by atoms with van der Waals surface area (Å²) in [7, 11) is 3.80. The fraction of sp³-hybridized carbons (Fsp3) is 0.233. The Bertz CT molecular complexity index is 1630. The second-order valence-electron chi connectivity index (χ2n) is 9.59. The SMILES string of the molecule is COc1ccc(-c2nc3c(C#N)c(NCc4ccccc4)c4cc(N5CCN(C)CC5)ccc4n3n2)cc1. The number of rotatable bonds is 6. The second kappa shape index (κ2) is 10.0. The molecule has 3 aromatic carbocycles. The lowest BCUT2D eigenvalue weighted by Crippen LogP contribution is -2.44. The van der Waals surface area contributed by atoms with Gasteiger partial charge in [0.15, 0.2) is 11.5 Å². The second-order valence-corrected chi connectivity index (χ2v) is 9.59. The van der Waals surface area contributed by atoms with Gasteiger partial charge in [0, 0.05) is 49.4 Å². The number of benzene rings is 3. The standard InChI is InChI=1S/C30H29N7O/c1-35-14-16-36(17-15-35)23-10-13-27-25(18-23)28(32-20-21-6-4-3-5-7-21)26(19-31)30-33-29(34-37(27)30)22-8-11-24(38-2)12-9-22/h3-13,18,32H,14-17,20H2,1-2H3. The predicted octanol–water partition coefficient (Wildman–Crippen LogP) is 4.79. The highest BCUT2D eigenvalue weighted by Gasteiger charge is 2.21. The number of ether oxygens (including phenoxy) is 1. The van der Waals surface area contributed by atoms with Crippen molar-refractivity contribution in [3.8, 4) is 23.2 Å². The Hall–Kier alpha value is -4.61. The average molecular weight is 504 g/mol. The Morgan fingerprint density at radius 2 is 1.74 bits per heavy atom. The van der Waals surface area contributed by atoms with Crippen LogP contribution in [0.1, 0.15) is 11.1 Å². The summed E-state index contributed by atoms with van der Waals surface area (Å²) in [6.07, 6.45) is 0. The van der Waals surface area contributed by atoms with Gasteiger partial charge in [0.2, 0.25) is 0 Å². The minimum atomic E-state index is 0.483. The van der Waals surface area contributed by atoms with Crippen LogP contribution in [0.5, 0.6) is 5.75 Å². The van der Waals surface area contributed by atoms with Crippen molar-refractivity contribution in [2.45, 2.75) is 6.54 Å². The molecule has 0 spiro atoms. The molecule has 8 nitrogen and oxygen atoms in total. The Labute approximate surface area is 221 Å². The lowest BCUT2D eigenvalue weighted by atomic mass is 10.1. The number of hydrogen-bond acceptors (Lipinski definition) is 7. The van der Waals surface area contributed by atoms with Crippen molar-refractivity contribution in [3.05, 3.63) is 83.9 Å². The number of methoxy groups -OCH3 is 1. The summed E-state index contributed by atoms with van der Waals surface area (Å²) in [5.74, 6) is 1.33. The molecule has 1 saturated heterocycles. The monoisotopic (exact) mass is 503 g/mol. The Balaban J connectivity index is 1.51. The number of piperazine rings is 1. The van der Waals surface area contributed by atoms with Crippen LogP contribution in [0.4, 0.5) is 11.4 Å². The van der Waals surface area contributed by atoms with Crippen LogP contribution in [0.2, 0.25) is 0 Å².